The molecule has 2 aromatic heterocycles. The topological polar surface area (TPSA) is 11.4 Å². The van der Waals surface area contributed by atoms with Crippen molar-refractivity contribution in [2.45, 2.75) is 52.4 Å². The summed E-state index contributed by atoms with van der Waals surface area (Å²) in [5.41, 5.74) is 12.9. The van der Waals surface area contributed by atoms with Gasteiger partial charge in [-0.15, -0.1) is 11.3 Å². The van der Waals surface area contributed by atoms with Gasteiger partial charge in [-0.1, -0.05) is 181 Å². The van der Waals surface area contributed by atoms with E-state index >= 15 is 0 Å². The minimum Gasteiger partial charge on any atom is -0.310 e. The third kappa shape index (κ3) is 6.85. The highest BCUT2D eigenvalue weighted by atomic mass is 32.1. The van der Waals surface area contributed by atoms with Crippen molar-refractivity contribution >= 4 is 109 Å². The Morgan fingerprint density at radius 2 is 0.735 bits per heavy atom. The lowest BCUT2D eigenvalue weighted by atomic mass is 9.87. The van der Waals surface area contributed by atoms with E-state index in [4.69, 9.17) is 0 Å². The minimum atomic E-state index is 0.0316. The van der Waals surface area contributed by atoms with Crippen molar-refractivity contribution in [3.8, 4) is 5.69 Å². The van der Waals surface area contributed by atoms with Crippen LogP contribution in [0, 0.1) is 0 Å². The molecule has 0 bridgehead atoms. The molecule has 0 aliphatic heterocycles. The Labute approximate surface area is 402 Å². The van der Waals surface area contributed by atoms with E-state index in [9.17, 15) is 0 Å². The lowest BCUT2D eigenvalue weighted by Gasteiger charge is -2.28. The highest BCUT2D eigenvalue weighted by molar-refractivity contribution is 7.26. The molecule has 330 valence electrons. The van der Waals surface area contributed by atoms with Crippen molar-refractivity contribution in [1.82, 2.24) is 4.57 Å². The van der Waals surface area contributed by atoms with Gasteiger partial charge in [0, 0.05) is 59.8 Å². The van der Waals surface area contributed by atoms with Crippen LogP contribution in [-0.4, -0.2) is 4.57 Å². The molecule has 0 amide bonds. The van der Waals surface area contributed by atoms with Crippen LogP contribution in [0.4, 0.5) is 34.1 Å². The number of benzene rings is 10. The fourth-order valence-corrected chi connectivity index (χ4v) is 11.7. The number of thiophene rings is 1. The van der Waals surface area contributed by atoms with Crippen LogP contribution in [0.2, 0.25) is 0 Å². The van der Waals surface area contributed by atoms with Gasteiger partial charge in [0.1, 0.15) is 0 Å². The second-order valence-corrected chi connectivity index (χ2v) is 21.2. The maximum Gasteiger partial charge on any atom is 0.0640 e. The summed E-state index contributed by atoms with van der Waals surface area (Å²) in [6, 6.07) is 78.9. The molecule has 0 aliphatic carbocycles. The van der Waals surface area contributed by atoms with Gasteiger partial charge >= 0.3 is 0 Å². The van der Waals surface area contributed by atoms with E-state index in [-0.39, 0.29) is 10.8 Å². The molecule has 12 rings (SSSR count). The Hall–Kier alpha value is -7.66. The van der Waals surface area contributed by atoms with E-state index in [0.29, 0.717) is 0 Å². The quantitative estimate of drug-likeness (QED) is 0.158. The summed E-state index contributed by atoms with van der Waals surface area (Å²) < 4.78 is 5.15. The number of aromatic nitrogens is 1. The summed E-state index contributed by atoms with van der Waals surface area (Å²) in [5.74, 6) is 0. The van der Waals surface area contributed by atoms with Crippen molar-refractivity contribution in [3.05, 3.63) is 223 Å². The Morgan fingerprint density at radius 1 is 0.353 bits per heavy atom. The first kappa shape index (κ1) is 41.7. The molecular formula is C64H53N3S. The number of hydrogen-bond acceptors (Lipinski definition) is 3. The van der Waals surface area contributed by atoms with Crippen LogP contribution in [0.25, 0.3) is 69.2 Å². The smallest absolute Gasteiger partial charge is 0.0640 e. The zero-order valence-corrected chi connectivity index (χ0v) is 40.3. The highest BCUT2D eigenvalue weighted by Crippen LogP contribution is 2.51. The van der Waals surface area contributed by atoms with Crippen molar-refractivity contribution in [2.24, 2.45) is 0 Å². The first-order valence-electron chi connectivity index (χ1n) is 23.8. The lowest BCUT2D eigenvalue weighted by Crippen LogP contribution is -2.13. The number of anilines is 6. The fourth-order valence-electron chi connectivity index (χ4n) is 10.5. The molecule has 0 fully saturated rings. The van der Waals surface area contributed by atoms with Crippen molar-refractivity contribution in [1.29, 1.82) is 0 Å². The van der Waals surface area contributed by atoms with Gasteiger partial charge in [-0.25, -0.2) is 0 Å². The number of nitrogens with zero attached hydrogens (tertiary/aromatic N) is 3. The van der Waals surface area contributed by atoms with Crippen LogP contribution in [0.15, 0.2) is 212 Å². The molecule has 0 atom stereocenters. The second kappa shape index (κ2) is 16.0. The molecule has 0 unspecified atom stereocenters. The van der Waals surface area contributed by atoms with E-state index in [0.717, 1.165) is 45.2 Å². The number of rotatable bonds is 7. The third-order valence-corrected chi connectivity index (χ3v) is 15.1. The molecule has 2 heterocycles. The normalized spacial score (nSPS) is 12.3. The summed E-state index contributed by atoms with van der Waals surface area (Å²) >= 11 is 1.88. The summed E-state index contributed by atoms with van der Waals surface area (Å²) in [5, 5.41) is 9.88. The molecule has 0 saturated heterocycles. The van der Waals surface area contributed by atoms with Gasteiger partial charge in [-0.05, 0) is 106 Å². The summed E-state index contributed by atoms with van der Waals surface area (Å²) in [6.07, 6.45) is 0. The van der Waals surface area contributed by atoms with Crippen LogP contribution < -0.4 is 9.80 Å². The van der Waals surface area contributed by atoms with Gasteiger partial charge in [0.05, 0.1) is 32.8 Å². The molecule has 0 spiro atoms. The first-order valence-corrected chi connectivity index (χ1v) is 24.6. The maximum absolute atomic E-state index is 2.59. The van der Waals surface area contributed by atoms with Gasteiger partial charge in [-0.3, -0.25) is 0 Å². The molecule has 0 N–H and O–H groups in total. The molecule has 0 aliphatic rings. The fraction of sp³-hybridized carbons (Fsp3) is 0.125. The van der Waals surface area contributed by atoms with Crippen LogP contribution in [-0.2, 0) is 10.8 Å². The van der Waals surface area contributed by atoms with Crippen LogP contribution in [0.5, 0.6) is 0 Å². The van der Waals surface area contributed by atoms with Gasteiger partial charge in [0.15, 0.2) is 0 Å². The van der Waals surface area contributed by atoms with Gasteiger partial charge in [-0.2, -0.15) is 0 Å². The van der Waals surface area contributed by atoms with Gasteiger partial charge in [0.2, 0.25) is 0 Å². The molecule has 10 aromatic carbocycles. The largest absolute Gasteiger partial charge is 0.310 e. The third-order valence-electron chi connectivity index (χ3n) is 13.9. The van der Waals surface area contributed by atoms with Crippen LogP contribution in [0.3, 0.4) is 0 Å². The Kier molecular flexibility index (Phi) is 9.83. The summed E-state index contributed by atoms with van der Waals surface area (Å²) in [6.45, 7) is 13.7. The second-order valence-electron chi connectivity index (χ2n) is 20.2. The summed E-state index contributed by atoms with van der Waals surface area (Å²) in [7, 11) is 0. The molecule has 0 radical (unpaired) electrons. The first-order chi connectivity index (χ1) is 33.0. The molecule has 4 heteroatoms. The van der Waals surface area contributed by atoms with Crippen molar-refractivity contribution in [3.63, 3.8) is 0 Å². The van der Waals surface area contributed by atoms with Gasteiger partial charge < -0.3 is 14.4 Å². The maximum atomic E-state index is 2.59. The van der Waals surface area contributed by atoms with Crippen LogP contribution in [0.1, 0.15) is 52.7 Å². The number of fused-ring (bicyclic) bond motifs is 10. The standard InChI is InChI=1S/C64H53N3S/c1-63(2,3)42-32-36-46(37-33-42)65(44-20-9-7-10-21-44)55-40-57-60(51-27-15-13-24-48(51)55)61-52-28-16-14-25-49(52)56(66(45-22-11-8-12-23-45)47-38-34-43(35-39-47)64(4,5)6)41-58(61)67(57)54-30-19-29-53-50-26-17-18-31-59(50)68-62(53)54/h7-41H,1-6H3. The molecule has 12 aromatic rings. The van der Waals surface area contributed by atoms with E-state index in [2.05, 4.69) is 268 Å². The molecule has 68 heavy (non-hydrogen) atoms. The van der Waals surface area contributed by atoms with E-state index in [1.165, 1.54) is 69.3 Å². The predicted molar refractivity (Wildman–Crippen MR) is 295 cm³/mol. The SMILES string of the molecule is CC(C)(C)c1ccc(N(c2ccccc2)c2cc3c(c4ccccc24)c2c4ccccc4c(N(c4ccccc4)c4ccc(C(C)(C)C)cc4)cc2n3-c2cccc3c2sc2ccccc23)cc1. The van der Waals surface area contributed by atoms with Crippen LogP contribution >= 0.6 is 11.3 Å². The highest BCUT2D eigenvalue weighted by Gasteiger charge is 2.27. The number of para-hydroxylation sites is 2. The average Bonchev–Trinajstić information content (AvgIpc) is 3.91. The zero-order chi connectivity index (χ0) is 46.3. The number of hydrogen-bond donors (Lipinski definition) is 0. The Morgan fingerprint density at radius 3 is 1.19 bits per heavy atom. The molecule has 0 saturated carbocycles. The Balaban J connectivity index is 1.25. The summed E-state index contributed by atoms with van der Waals surface area (Å²) in [4.78, 5) is 4.91. The average molecular weight is 896 g/mol. The zero-order valence-electron chi connectivity index (χ0n) is 39.5. The monoisotopic (exact) mass is 895 g/mol. The minimum absolute atomic E-state index is 0.0316. The molecule has 3 nitrogen and oxygen atoms in total. The van der Waals surface area contributed by atoms with Crippen molar-refractivity contribution < 1.29 is 0 Å². The van der Waals surface area contributed by atoms with Gasteiger partial charge in [0.25, 0.3) is 0 Å². The van der Waals surface area contributed by atoms with E-state index in [1.54, 1.807) is 0 Å². The lowest BCUT2D eigenvalue weighted by molar-refractivity contribution is 0.590. The predicted octanol–water partition coefficient (Wildman–Crippen LogP) is 19.0. The Bertz CT molecular complexity index is 3650. The van der Waals surface area contributed by atoms with E-state index in [1.807, 2.05) is 11.3 Å². The van der Waals surface area contributed by atoms with E-state index < -0.39 is 0 Å². The van der Waals surface area contributed by atoms with Crippen molar-refractivity contribution in [2.75, 3.05) is 9.80 Å². The molecular weight excluding hydrogens is 843 g/mol.